The van der Waals surface area contributed by atoms with E-state index in [0.717, 1.165) is 11.1 Å². The second-order valence-electron chi connectivity index (χ2n) is 5.03. The van der Waals surface area contributed by atoms with Crippen molar-refractivity contribution in [2.75, 3.05) is 5.73 Å². The molecule has 2 heterocycles. The van der Waals surface area contributed by atoms with Gasteiger partial charge in [0.1, 0.15) is 10.9 Å². The van der Waals surface area contributed by atoms with Gasteiger partial charge in [-0.15, -0.1) is 11.3 Å². The molecule has 1 atom stereocenters. The van der Waals surface area contributed by atoms with E-state index >= 15 is 0 Å². The van der Waals surface area contributed by atoms with Crippen molar-refractivity contribution in [3.05, 3.63) is 51.7 Å². The number of hydrogen-bond donors (Lipinski definition) is 2. The van der Waals surface area contributed by atoms with Crippen molar-refractivity contribution >= 4 is 28.8 Å². The molecule has 0 fully saturated rings. The zero-order valence-electron chi connectivity index (χ0n) is 11.3. The number of amides is 2. The predicted octanol–water partition coefficient (Wildman–Crippen LogP) is 1.38. The van der Waals surface area contributed by atoms with Gasteiger partial charge in [0.05, 0.1) is 5.69 Å². The summed E-state index contributed by atoms with van der Waals surface area (Å²) in [5.74, 6) is -0.728. The summed E-state index contributed by atoms with van der Waals surface area (Å²) >= 11 is 1.28. The van der Waals surface area contributed by atoms with Gasteiger partial charge >= 0.3 is 0 Å². The number of nitrogens with two attached hydrogens (primary N) is 2. The molecule has 0 unspecified atom stereocenters. The van der Waals surface area contributed by atoms with Crippen LogP contribution >= 0.6 is 11.3 Å². The molecule has 0 aliphatic carbocycles. The number of hydrogen-bond acceptors (Lipinski definition) is 4. The fraction of sp³-hybridized carbons (Fsp3) is 0.200. The molecular formula is C15H15N3O2S. The lowest BCUT2D eigenvalue weighted by Gasteiger charge is -2.35. The van der Waals surface area contributed by atoms with Crippen molar-refractivity contribution in [1.82, 2.24) is 4.90 Å². The minimum atomic E-state index is -0.631. The van der Waals surface area contributed by atoms with Gasteiger partial charge < -0.3 is 16.4 Å². The van der Waals surface area contributed by atoms with Crippen molar-refractivity contribution in [3.8, 4) is 0 Å². The Bertz CT molecular complexity index is 710. The highest BCUT2D eigenvalue weighted by molar-refractivity contribution is 7.12. The molecule has 2 aromatic rings. The van der Waals surface area contributed by atoms with E-state index in [0.29, 0.717) is 23.5 Å². The van der Waals surface area contributed by atoms with Crippen LogP contribution in [-0.4, -0.2) is 22.8 Å². The normalized spacial score (nSPS) is 17.3. The van der Waals surface area contributed by atoms with Crippen LogP contribution in [0.1, 0.15) is 20.8 Å². The van der Waals surface area contributed by atoms with Crippen LogP contribution < -0.4 is 11.5 Å². The lowest BCUT2D eigenvalue weighted by Crippen LogP contribution is -2.51. The molecule has 0 radical (unpaired) electrons. The molecule has 0 saturated heterocycles. The minimum absolute atomic E-state index is 0.235. The largest absolute Gasteiger partial charge is 0.397 e. The summed E-state index contributed by atoms with van der Waals surface area (Å²) < 4.78 is 0. The molecular weight excluding hydrogens is 286 g/mol. The monoisotopic (exact) mass is 301 g/mol. The number of carbonyl (C=O) groups is 2. The highest BCUT2D eigenvalue weighted by atomic mass is 32.1. The lowest BCUT2D eigenvalue weighted by atomic mass is 9.93. The van der Waals surface area contributed by atoms with Gasteiger partial charge in [-0.1, -0.05) is 24.3 Å². The first kappa shape index (κ1) is 13.6. The maximum absolute atomic E-state index is 12.7. The van der Waals surface area contributed by atoms with Crippen LogP contribution in [0.4, 0.5) is 5.69 Å². The molecule has 108 valence electrons. The molecule has 0 saturated carbocycles. The molecule has 1 aromatic carbocycles. The molecule has 1 aliphatic rings. The Balaban J connectivity index is 1.98. The third-order valence-electron chi connectivity index (χ3n) is 3.73. The summed E-state index contributed by atoms with van der Waals surface area (Å²) in [6.45, 7) is 0.375. The molecule has 21 heavy (non-hydrogen) atoms. The highest BCUT2D eigenvalue weighted by Crippen LogP contribution is 2.28. The van der Waals surface area contributed by atoms with Crippen LogP contribution in [0.15, 0.2) is 35.7 Å². The molecule has 3 rings (SSSR count). The molecule has 6 heteroatoms. The maximum atomic E-state index is 12.7. The zero-order valence-corrected chi connectivity index (χ0v) is 12.1. The number of nitrogens with zero attached hydrogens (tertiary/aromatic N) is 1. The van der Waals surface area contributed by atoms with E-state index in [1.54, 1.807) is 11.4 Å². The first-order valence-electron chi connectivity index (χ1n) is 6.58. The number of anilines is 1. The van der Waals surface area contributed by atoms with Crippen LogP contribution in [0.25, 0.3) is 0 Å². The van der Waals surface area contributed by atoms with E-state index in [1.165, 1.54) is 16.2 Å². The first-order chi connectivity index (χ1) is 10.1. The second-order valence-corrected chi connectivity index (χ2v) is 5.95. The lowest BCUT2D eigenvalue weighted by molar-refractivity contribution is -0.122. The van der Waals surface area contributed by atoms with E-state index in [4.69, 9.17) is 11.5 Å². The molecule has 4 N–H and O–H groups in total. The fourth-order valence-corrected chi connectivity index (χ4v) is 3.39. The van der Waals surface area contributed by atoms with E-state index in [9.17, 15) is 9.59 Å². The summed E-state index contributed by atoms with van der Waals surface area (Å²) in [5, 5.41) is 1.76. The number of nitrogen functional groups attached to an aromatic ring is 1. The number of rotatable bonds is 2. The number of thiophene rings is 1. The first-order valence-corrected chi connectivity index (χ1v) is 7.46. The van der Waals surface area contributed by atoms with Crippen LogP contribution in [0.2, 0.25) is 0 Å². The topological polar surface area (TPSA) is 89.4 Å². The van der Waals surface area contributed by atoms with Gasteiger partial charge in [-0.3, -0.25) is 9.59 Å². The van der Waals surface area contributed by atoms with Gasteiger partial charge in [0.25, 0.3) is 5.91 Å². The molecule has 1 aliphatic heterocycles. The molecule has 2 amide bonds. The summed E-state index contributed by atoms with van der Waals surface area (Å²) in [7, 11) is 0. The summed E-state index contributed by atoms with van der Waals surface area (Å²) in [4.78, 5) is 26.4. The minimum Gasteiger partial charge on any atom is -0.397 e. The molecule has 1 aromatic heterocycles. The highest BCUT2D eigenvalue weighted by Gasteiger charge is 2.34. The van der Waals surface area contributed by atoms with Gasteiger partial charge in [-0.25, -0.2) is 0 Å². The van der Waals surface area contributed by atoms with Crippen LogP contribution in [0.3, 0.4) is 0 Å². The average Bonchev–Trinajstić information content (AvgIpc) is 2.91. The Morgan fingerprint density at radius 3 is 2.52 bits per heavy atom. The number of carbonyl (C=O) groups excluding carboxylic acids is 2. The smallest absolute Gasteiger partial charge is 0.267 e. The molecule has 0 spiro atoms. The van der Waals surface area contributed by atoms with Gasteiger partial charge in [-0.05, 0) is 22.6 Å². The summed E-state index contributed by atoms with van der Waals surface area (Å²) in [6, 6.07) is 8.83. The third kappa shape index (κ3) is 2.38. The molecule has 5 nitrogen and oxygen atoms in total. The van der Waals surface area contributed by atoms with Crippen LogP contribution in [0.5, 0.6) is 0 Å². The van der Waals surface area contributed by atoms with Gasteiger partial charge in [0.2, 0.25) is 5.91 Å². The van der Waals surface area contributed by atoms with Gasteiger partial charge in [0.15, 0.2) is 0 Å². The van der Waals surface area contributed by atoms with Crippen molar-refractivity contribution in [2.24, 2.45) is 5.73 Å². The Hall–Kier alpha value is -2.34. The number of fused-ring (bicyclic) bond motifs is 1. The molecule has 0 bridgehead atoms. The van der Waals surface area contributed by atoms with E-state index in [-0.39, 0.29) is 5.91 Å². The van der Waals surface area contributed by atoms with Crippen molar-refractivity contribution < 1.29 is 9.59 Å². The van der Waals surface area contributed by atoms with Crippen molar-refractivity contribution in [2.45, 2.75) is 19.0 Å². The fourth-order valence-electron chi connectivity index (χ4n) is 2.61. The van der Waals surface area contributed by atoms with E-state index in [1.807, 2.05) is 24.3 Å². The Labute approximate surface area is 126 Å². The van der Waals surface area contributed by atoms with Gasteiger partial charge in [-0.2, -0.15) is 0 Å². The quantitative estimate of drug-likeness (QED) is 0.878. The Morgan fingerprint density at radius 2 is 1.90 bits per heavy atom. The number of primary amides is 1. The SMILES string of the molecule is NC(=O)[C@@H]1Cc2ccccc2CN1C(=O)c1sccc1N. The second kappa shape index (κ2) is 5.21. The average molecular weight is 301 g/mol. The predicted molar refractivity (Wildman–Crippen MR) is 81.7 cm³/mol. The van der Waals surface area contributed by atoms with E-state index in [2.05, 4.69) is 0 Å². The summed E-state index contributed by atoms with van der Waals surface area (Å²) in [6.07, 6.45) is 0.447. The third-order valence-corrected chi connectivity index (χ3v) is 4.65. The van der Waals surface area contributed by atoms with Crippen molar-refractivity contribution in [3.63, 3.8) is 0 Å². The van der Waals surface area contributed by atoms with Crippen LogP contribution in [0, 0.1) is 0 Å². The summed E-state index contributed by atoms with van der Waals surface area (Å²) in [5.41, 5.74) is 13.8. The Morgan fingerprint density at radius 1 is 1.19 bits per heavy atom. The zero-order chi connectivity index (χ0) is 15.0. The number of benzene rings is 1. The van der Waals surface area contributed by atoms with Crippen molar-refractivity contribution in [1.29, 1.82) is 0 Å². The van der Waals surface area contributed by atoms with Crippen LogP contribution in [-0.2, 0) is 17.8 Å². The van der Waals surface area contributed by atoms with Gasteiger partial charge in [0, 0.05) is 13.0 Å². The Kier molecular flexibility index (Phi) is 3.39. The maximum Gasteiger partial charge on any atom is 0.267 e. The standard InChI is InChI=1S/C15H15N3O2S/c16-11-5-6-21-13(11)15(20)18-8-10-4-2-1-3-9(10)7-12(18)14(17)19/h1-6,12H,7-8,16H2,(H2,17,19)/t12-/m0/s1. The van der Waals surface area contributed by atoms with E-state index < -0.39 is 11.9 Å².